The Bertz CT molecular complexity index is 317. The third-order valence-corrected chi connectivity index (χ3v) is 3.35. The number of aliphatic hydroxyl groups is 1. The molecular weight excluding hydrogens is 230 g/mol. The van der Waals surface area contributed by atoms with E-state index in [9.17, 15) is 4.79 Å². The van der Waals surface area contributed by atoms with E-state index in [-0.39, 0.29) is 19.1 Å². The molecule has 1 rings (SSSR count). The van der Waals surface area contributed by atoms with Crippen LogP contribution in [0.5, 0.6) is 0 Å². The van der Waals surface area contributed by atoms with Gasteiger partial charge in [-0.05, 0) is 38.6 Å². The molecule has 1 amide bonds. The molecule has 1 saturated carbocycles. The molecule has 1 unspecified atom stereocenters. The van der Waals surface area contributed by atoms with E-state index < -0.39 is 5.54 Å². The van der Waals surface area contributed by atoms with Crippen molar-refractivity contribution in [3.05, 3.63) is 0 Å². The molecule has 2 N–H and O–H groups in total. The van der Waals surface area contributed by atoms with Gasteiger partial charge in [0.15, 0.2) is 0 Å². The highest BCUT2D eigenvalue weighted by Crippen LogP contribution is 2.39. The molecule has 0 aromatic carbocycles. The van der Waals surface area contributed by atoms with E-state index in [4.69, 9.17) is 10.4 Å². The van der Waals surface area contributed by atoms with Crippen molar-refractivity contribution in [1.29, 1.82) is 5.26 Å². The molecule has 0 spiro atoms. The van der Waals surface area contributed by atoms with Crippen LogP contribution in [0.25, 0.3) is 0 Å². The molecule has 0 aliphatic heterocycles. The first-order valence-electron chi connectivity index (χ1n) is 6.61. The standard InChI is InChI=1S/C13H23N3O2/c1-3-6-16(7-8-17)9-12(18)15-13(2,10-14)11-4-5-11/h11,17H,3-9H2,1-2H3,(H,15,18). The summed E-state index contributed by atoms with van der Waals surface area (Å²) in [5.74, 6) is 0.164. The minimum atomic E-state index is -0.728. The van der Waals surface area contributed by atoms with E-state index in [0.717, 1.165) is 25.8 Å². The minimum absolute atomic E-state index is 0.0470. The molecule has 0 heterocycles. The number of rotatable bonds is 8. The van der Waals surface area contributed by atoms with Gasteiger partial charge in [0.25, 0.3) is 0 Å². The topological polar surface area (TPSA) is 76.4 Å². The third kappa shape index (κ3) is 4.28. The van der Waals surface area contributed by atoms with Crippen molar-refractivity contribution in [2.24, 2.45) is 5.92 Å². The molecule has 18 heavy (non-hydrogen) atoms. The molecule has 0 aromatic rings. The van der Waals surface area contributed by atoms with Gasteiger partial charge in [-0.15, -0.1) is 0 Å². The average molecular weight is 253 g/mol. The second-order valence-corrected chi connectivity index (χ2v) is 5.14. The fourth-order valence-electron chi connectivity index (χ4n) is 2.14. The van der Waals surface area contributed by atoms with Gasteiger partial charge in [0, 0.05) is 6.54 Å². The zero-order valence-electron chi connectivity index (χ0n) is 11.3. The molecule has 1 fully saturated rings. The van der Waals surface area contributed by atoms with E-state index in [1.54, 1.807) is 6.92 Å². The van der Waals surface area contributed by atoms with E-state index in [2.05, 4.69) is 11.4 Å². The van der Waals surface area contributed by atoms with Crippen LogP contribution in [-0.2, 0) is 4.79 Å². The highest BCUT2D eigenvalue weighted by molar-refractivity contribution is 5.79. The van der Waals surface area contributed by atoms with Gasteiger partial charge >= 0.3 is 0 Å². The Morgan fingerprint density at radius 2 is 2.22 bits per heavy atom. The molecule has 1 atom stereocenters. The Balaban J connectivity index is 2.46. The lowest BCUT2D eigenvalue weighted by atomic mass is 9.98. The summed E-state index contributed by atoms with van der Waals surface area (Å²) < 4.78 is 0. The third-order valence-electron chi connectivity index (χ3n) is 3.35. The number of hydrogen-bond acceptors (Lipinski definition) is 4. The Hall–Kier alpha value is -1.12. The number of hydrogen-bond donors (Lipinski definition) is 2. The van der Waals surface area contributed by atoms with E-state index >= 15 is 0 Å². The fourth-order valence-corrected chi connectivity index (χ4v) is 2.14. The minimum Gasteiger partial charge on any atom is -0.395 e. The molecule has 0 saturated heterocycles. The average Bonchev–Trinajstić information content (AvgIpc) is 3.13. The van der Waals surface area contributed by atoms with Crippen molar-refractivity contribution in [3.8, 4) is 6.07 Å². The van der Waals surface area contributed by atoms with Gasteiger partial charge in [0.2, 0.25) is 5.91 Å². The molecule has 1 aliphatic rings. The lowest BCUT2D eigenvalue weighted by molar-refractivity contribution is -0.123. The summed E-state index contributed by atoms with van der Waals surface area (Å²) in [7, 11) is 0. The van der Waals surface area contributed by atoms with Crippen LogP contribution < -0.4 is 5.32 Å². The van der Waals surface area contributed by atoms with Gasteiger partial charge < -0.3 is 10.4 Å². The largest absolute Gasteiger partial charge is 0.395 e. The van der Waals surface area contributed by atoms with Gasteiger partial charge in [0.1, 0.15) is 5.54 Å². The number of aliphatic hydroxyl groups excluding tert-OH is 1. The monoisotopic (exact) mass is 253 g/mol. The Morgan fingerprint density at radius 1 is 1.56 bits per heavy atom. The van der Waals surface area contributed by atoms with E-state index in [1.807, 2.05) is 11.8 Å². The van der Waals surface area contributed by atoms with Crippen molar-refractivity contribution in [2.45, 2.75) is 38.6 Å². The Morgan fingerprint density at radius 3 is 2.67 bits per heavy atom. The van der Waals surface area contributed by atoms with Crippen LogP contribution in [0.4, 0.5) is 0 Å². The number of carbonyl (C=O) groups is 1. The maximum absolute atomic E-state index is 11.9. The highest BCUT2D eigenvalue weighted by Gasteiger charge is 2.43. The van der Waals surface area contributed by atoms with Crippen LogP contribution in [-0.4, -0.2) is 47.7 Å². The zero-order valence-corrected chi connectivity index (χ0v) is 11.3. The summed E-state index contributed by atoms with van der Waals surface area (Å²) in [5, 5.41) is 20.9. The number of carbonyl (C=O) groups excluding carboxylic acids is 1. The first-order chi connectivity index (χ1) is 8.55. The van der Waals surface area contributed by atoms with Crippen LogP contribution in [0.1, 0.15) is 33.1 Å². The predicted octanol–water partition coefficient (Wildman–Crippen LogP) is 0.499. The normalized spacial score (nSPS) is 18.2. The molecule has 5 nitrogen and oxygen atoms in total. The molecule has 1 aliphatic carbocycles. The van der Waals surface area contributed by atoms with Gasteiger partial charge in [-0.25, -0.2) is 0 Å². The SMILES string of the molecule is CCCN(CCO)CC(=O)NC(C)(C#N)C1CC1. The summed E-state index contributed by atoms with van der Waals surface area (Å²) in [5.41, 5.74) is -0.728. The number of nitrogens with zero attached hydrogens (tertiary/aromatic N) is 2. The molecule has 0 bridgehead atoms. The lowest BCUT2D eigenvalue weighted by Gasteiger charge is -2.26. The Labute approximate surface area is 109 Å². The van der Waals surface area contributed by atoms with Crippen molar-refractivity contribution < 1.29 is 9.90 Å². The Kier molecular flexibility index (Phi) is 5.57. The zero-order chi connectivity index (χ0) is 13.6. The second kappa shape index (κ2) is 6.72. The second-order valence-electron chi connectivity index (χ2n) is 5.14. The summed E-state index contributed by atoms with van der Waals surface area (Å²) in [6, 6.07) is 2.21. The number of nitrogens with one attached hydrogen (secondary N) is 1. The van der Waals surface area contributed by atoms with Gasteiger partial charge in [-0.3, -0.25) is 9.69 Å². The van der Waals surface area contributed by atoms with Gasteiger partial charge in [-0.1, -0.05) is 6.92 Å². The van der Waals surface area contributed by atoms with E-state index in [0.29, 0.717) is 12.5 Å². The molecule has 5 heteroatoms. The van der Waals surface area contributed by atoms with Crippen LogP contribution in [0.15, 0.2) is 0 Å². The highest BCUT2D eigenvalue weighted by atomic mass is 16.3. The fraction of sp³-hybridized carbons (Fsp3) is 0.846. The van der Waals surface area contributed by atoms with Crippen molar-refractivity contribution in [3.63, 3.8) is 0 Å². The lowest BCUT2D eigenvalue weighted by Crippen LogP contribution is -2.50. The van der Waals surface area contributed by atoms with Crippen LogP contribution in [0.2, 0.25) is 0 Å². The van der Waals surface area contributed by atoms with Crippen molar-refractivity contribution in [1.82, 2.24) is 10.2 Å². The predicted molar refractivity (Wildman–Crippen MR) is 68.7 cm³/mol. The molecular formula is C13H23N3O2. The van der Waals surface area contributed by atoms with Crippen LogP contribution in [0, 0.1) is 17.2 Å². The summed E-state index contributed by atoms with van der Waals surface area (Å²) in [6.07, 6.45) is 2.96. The van der Waals surface area contributed by atoms with Crippen LogP contribution in [0.3, 0.4) is 0 Å². The van der Waals surface area contributed by atoms with Gasteiger partial charge in [-0.2, -0.15) is 5.26 Å². The summed E-state index contributed by atoms with van der Waals surface area (Å²) in [4.78, 5) is 13.8. The summed E-state index contributed by atoms with van der Waals surface area (Å²) >= 11 is 0. The first kappa shape index (κ1) is 14.9. The maximum atomic E-state index is 11.9. The number of nitriles is 1. The number of amides is 1. The quantitative estimate of drug-likeness (QED) is 0.660. The molecule has 102 valence electrons. The maximum Gasteiger partial charge on any atom is 0.235 e. The molecule has 0 radical (unpaired) electrons. The summed E-state index contributed by atoms with van der Waals surface area (Å²) in [6.45, 7) is 5.39. The van der Waals surface area contributed by atoms with Crippen molar-refractivity contribution >= 4 is 5.91 Å². The van der Waals surface area contributed by atoms with Crippen LogP contribution >= 0.6 is 0 Å². The smallest absolute Gasteiger partial charge is 0.235 e. The first-order valence-corrected chi connectivity index (χ1v) is 6.61. The molecule has 0 aromatic heterocycles. The van der Waals surface area contributed by atoms with Gasteiger partial charge in [0.05, 0.1) is 19.2 Å². The van der Waals surface area contributed by atoms with Crippen molar-refractivity contribution in [2.75, 3.05) is 26.2 Å². The van der Waals surface area contributed by atoms with E-state index in [1.165, 1.54) is 0 Å².